The number of anilines is 1. The number of nitrogens with zero attached hydrogens (tertiary/aromatic N) is 2. The maximum atomic E-state index is 14.8. The summed E-state index contributed by atoms with van der Waals surface area (Å²) in [5.41, 5.74) is -0.743. The number of amides is 4. The lowest BCUT2D eigenvalue weighted by atomic mass is 10.0. The van der Waals surface area contributed by atoms with Gasteiger partial charge in [0.15, 0.2) is 0 Å². The fourth-order valence-corrected chi connectivity index (χ4v) is 4.10. The fourth-order valence-electron chi connectivity index (χ4n) is 4.10. The molecule has 2 N–H and O–H groups in total. The molecule has 2 fully saturated rings. The van der Waals surface area contributed by atoms with E-state index in [1.807, 2.05) is 0 Å². The molecule has 1 aromatic rings. The highest BCUT2D eigenvalue weighted by atomic mass is 19.3. The van der Waals surface area contributed by atoms with E-state index in [-0.39, 0.29) is 49.2 Å². The van der Waals surface area contributed by atoms with Gasteiger partial charge in [-0.3, -0.25) is 29.4 Å². The summed E-state index contributed by atoms with van der Waals surface area (Å²) in [7, 11) is 0. The van der Waals surface area contributed by atoms with Crippen LogP contribution in [0.5, 0.6) is 0 Å². The highest BCUT2D eigenvalue weighted by Gasteiger charge is 2.48. The Hall–Kier alpha value is -2.95. The lowest BCUT2D eigenvalue weighted by molar-refractivity contribution is -0.136. The number of fused-ring (bicyclic) bond motifs is 1. The molecule has 3 heterocycles. The number of aliphatic hydroxyl groups excluding tert-OH is 1. The van der Waals surface area contributed by atoms with Gasteiger partial charge >= 0.3 is 0 Å². The number of imide groups is 2. The van der Waals surface area contributed by atoms with Crippen LogP contribution in [-0.2, 0) is 9.59 Å². The first-order chi connectivity index (χ1) is 14.1. The first-order valence-electron chi connectivity index (χ1n) is 9.46. The third kappa shape index (κ3) is 3.13. The predicted molar refractivity (Wildman–Crippen MR) is 95.5 cm³/mol. The minimum absolute atomic E-state index is 0.0594. The summed E-state index contributed by atoms with van der Waals surface area (Å²) in [4.78, 5) is 51.4. The number of halogens is 3. The van der Waals surface area contributed by atoms with Gasteiger partial charge in [-0.15, -0.1) is 0 Å². The molecular formula is C19H18F3N3O5. The topological polar surface area (TPSA) is 107 Å². The van der Waals surface area contributed by atoms with E-state index < -0.39 is 53.9 Å². The van der Waals surface area contributed by atoms with E-state index in [0.717, 1.165) is 12.1 Å². The molecule has 2 atom stereocenters. The van der Waals surface area contributed by atoms with Crippen molar-refractivity contribution in [2.75, 3.05) is 18.0 Å². The summed E-state index contributed by atoms with van der Waals surface area (Å²) < 4.78 is 42.5. The van der Waals surface area contributed by atoms with Gasteiger partial charge in [-0.25, -0.2) is 13.2 Å². The number of alkyl halides is 2. The quantitative estimate of drug-likeness (QED) is 0.680. The number of piperidine rings is 1. The number of carbonyl (C=O) groups excluding carboxylic acids is 4. The van der Waals surface area contributed by atoms with Crippen molar-refractivity contribution in [1.29, 1.82) is 0 Å². The largest absolute Gasteiger partial charge is 0.387 e. The molecule has 3 aliphatic rings. The Labute approximate surface area is 168 Å². The van der Waals surface area contributed by atoms with Gasteiger partial charge in [0.1, 0.15) is 18.0 Å². The molecule has 4 rings (SSSR count). The fraction of sp³-hybridized carbons (Fsp3) is 0.474. The van der Waals surface area contributed by atoms with Gasteiger partial charge < -0.3 is 10.0 Å². The van der Waals surface area contributed by atoms with E-state index in [1.54, 1.807) is 0 Å². The lowest BCUT2D eigenvalue weighted by Crippen LogP contribution is -2.54. The first kappa shape index (κ1) is 20.3. The summed E-state index contributed by atoms with van der Waals surface area (Å²) in [6.07, 6.45) is -3.13. The summed E-state index contributed by atoms with van der Waals surface area (Å²) in [5.74, 6) is -7.30. The normalized spacial score (nSPS) is 26.5. The Bertz CT molecular complexity index is 967. The van der Waals surface area contributed by atoms with E-state index in [2.05, 4.69) is 5.32 Å². The van der Waals surface area contributed by atoms with Crippen LogP contribution in [0.2, 0.25) is 0 Å². The third-order valence-corrected chi connectivity index (χ3v) is 5.72. The van der Waals surface area contributed by atoms with Gasteiger partial charge in [0.2, 0.25) is 11.8 Å². The van der Waals surface area contributed by atoms with Gasteiger partial charge in [-0.1, -0.05) is 0 Å². The van der Waals surface area contributed by atoms with Crippen molar-refractivity contribution < 1.29 is 37.5 Å². The van der Waals surface area contributed by atoms with E-state index in [4.69, 9.17) is 0 Å². The number of hydrogen-bond donors (Lipinski definition) is 2. The van der Waals surface area contributed by atoms with Crippen molar-refractivity contribution in [3.63, 3.8) is 0 Å². The number of rotatable bonds is 2. The van der Waals surface area contributed by atoms with Gasteiger partial charge in [-0.2, -0.15) is 0 Å². The molecule has 0 saturated carbocycles. The summed E-state index contributed by atoms with van der Waals surface area (Å²) in [6.45, 7) is -0.485. The lowest BCUT2D eigenvalue weighted by Gasteiger charge is -2.28. The highest BCUT2D eigenvalue weighted by molar-refractivity contribution is 6.25. The standard InChI is InChI=1S/C19H18F3N3O5/c20-10-2-1-9-14(15(10)24-7-5-12(26)19(21,22)6-8-24)18(30)25(17(9)29)11-3-4-13(27)23-16(11)28/h1-2,11-12,26H,3-8H2,(H,23,27,28). The number of aliphatic hydroxyl groups is 1. The van der Waals surface area contributed by atoms with E-state index in [1.165, 1.54) is 4.90 Å². The van der Waals surface area contributed by atoms with Crippen LogP contribution in [0.1, 0.15) is 46.4 Å². The average Bonchev–Trinajstić information content (AvgIpc) is 2.84. The van der Waals surface area contributed by atoms with Crippen LogP contribution in [0.4, 0.5) is 18.9 Å². The van der Waals surface area contributed by atoms with E-state index in [9.17, 15) is 37.5 Å². The summed E-state index contributed by atoms with van der Waals surface area (Å²) >= 11 is 0. The Kier molecular flexibility index (Phi) is 4.80. The van der Waals surface area contributed by atoms with Crippen molar-refractivity contribution >= 4 is 29.3 Å². The SMILES string of the molecule is O=C1CCC(N2C(=O)c3ccc(F)c(N4CCC(O)C(F)(F)CC4)c3C2=O)C(=O)N1. The Morgan fingerprint density at radius 1 is 1.07 bits per heavy atom. The minimum Gasteiger partial charge on any atom is -0.387 e. The number of carbonyl (C=O) groups is 4. The number of nitrogens with one attached hydrogen (secondary N) is 1. The molecule has 2 saturated heterocycles. The molecule has 0 aliphatic carbocycles. The smallest absolute Gasteiger partial charge is 0.275 e. The van der Waals surface area contributed by atoms with Crippen LogP contribution in [-0.4, -0.2) is 64.8 Å². The van der Waals surface area contributed by atoms with Gasteiger partial charge in [-0.05, 0) is 25.0 Å². The van der Waals surface area contributed by atoms with Gasteiger partial charge in [0, 0.05) is 25.9 Å². The van der Waals surface area contributed by atoms with Gasteiger partial charge in [0.05, 0.1) is 16.8 Å². The molecule has 8 nitrogen and oxygen atoms in total. The van der Waals surface area contributed by atoms with Crippen LogP contribution in [0.25, 0.3) is 0 Å². The second-order valence-corrected chi connectivity index (χ2v) is 7.57. The molecule has 0 bridgehead atoms. The molecule has 2 unspecified atom stereocenters. The second kappa shape index (κ2) is 7.08. The molecule has 30 heavy (non-hydrogen) atoms. The van der Waals surface area contributed by atoms with Crippen LogP contribution >= 0.6 is 0 Å². The van der Waals surface area contributed by atoms with Crippen LogP contribution < -0.4 is 10.2 Å². The molecular weight excluding hydrogens is 407 g/mol. The van der Waals surface area contributed by atoms with Crippen molar-refractivity contribution in [2.24, 2.45) is 0 Å². The zero-order chi connectivity index (χ0) is 21.8. The Balaban J connectivity index is 1.72. The summed E-state index contributed by atoms with van der Waals surface area (Å²) in [6, 6.07) is 0.857. The Morgan fingerprint density at radius 2 is 1.80 bits per heavy atom. The predicted octanol–water partition coefficient (Wildman–Crippen LogP) is 0.823. The zero-order valence-corrected chi connectivity index (χ0v) is 15.7. The third-order valence-electron chi connectivity index (χ3n) is 5.72. The molecule has 0 spiro atoms. The molecule has 0 radical (unpaired) electrons. The molecule has 0 aromatic heterocycles. The summed E-state index contributed by atoms with van der Waals surface area (Å²) in [5, 5.41) is 11.7. The number of benzene rings is 1. The zero-order valence-electron chi connectivity index (χ0n) is 15.7. The molecule has 160 valence electrons. The van der Waals surface area contributed by atoms with E-state index in [0.29, 0.717) is 4.90 Å². The molecule has 4 amide bonds. The first-order valence-corrected chi connectivity index (χ1v) is 9.46. The maximum Gasteiger partial charge on any atom is 0.275 e. The van der Waals surface area contributed by atoms with Crippen molar-refractivity contribution in [1.82, 2.24) is 10.2 Å². The highest BCUT2D eigenvalue weighted by Crippen LogP contribution is 2.38. The van der Waals surface area contributed by atoms with Crippen molar-refractivity contribution in [3.05, 3.63) is 29.1 Å². The van der Waals surface area contributed by atoms with Crippen molar-refractivity contribution in [2.45, 2.75) is 43.8 Å². The Morgan fingerprint density at radius 3 is 2.50 bits per heavy atom. The maximum absolute atomic E-state index is 14.8. The number of hydrogen-bond acceptors (Lipinski definition) is 6. The second-order valence-electron chi connectivity index (χ2n) is 7.57. The molecule has 11 heteroatoms. The van der Waals surface area contributed by atoms with Gasteiger partial charge in [0.25, 0.3) is 17.7 Å². The monoisotopic (exact) mass is 425 g/mol. The van der Waals surface area contributed by atoms with Crippen LogP contribution in [0.3, 0.4) is 0 Å². The average molecular weight is 425 g/mol. The minimum atomic E-state index is -3.36. The van der Waals surface area contributed by atoms with Crippen molar-refractivity contribution in [3.8, 4) is 0 Å². The molecule has 1 aromatic carbocycles. The molecule has 3 aliphatic heterocycles. The van der Waals surface area contributed by atoms with Crippen LogP contribution in [0.15, 0.2) is 12.1 Å². The van der Waals surface area contributed by atoms with E-state index >= 15 is 0 Å². The van der Waals surface area contributed by atoms with Crippen LogP contribution in [0, 0.1) is 5.82 Å².